The van der Waals surface area contributed by atoms with Crippen molar-refractivity contribution < 1.29 is 19.0 Å². The number of nitrogens with one attached hydrogen (secondary N) is 1. The summed E-state index contributed by atoms with van der Waals surface area (Å²) in [5.74, 6) is 0.384. The number of amides is 1. The molecule has 0 aromatic heterocycles. The largest absolute Gasteiger partial charge is 0.489 e. The number of carbonyl (C=O) groups is 1. The van der Waals surface area contributed by atoms with Gasteiger partial charge >= 0.3 is 0 Å². The fraction of sp³-hybridized carbons (Fsp3) is 0.381. The van der Waals surface area contributed by atoms with Crippen molar-refractivity contribution in [3.63, 3.8) is 0 Å². The Bertz CT molecular complexity index is 703. The first-order valence-electron chi connectivity index (χ1n) is 9.11. The number of hydrogen-bond acceptors (Lipinski definition) is 4. The molecule has 0 aliphatic heterocycles. The molecule has 0 spiro atoms. The summed E-state index contributed by atoms with van der Waals surface area (Å²) in [5, 5.41) is 3.19. The van der Waals surface area contributed by atoms with E-state index in [-0.39, 0.29) is 12.2 Å². The van der Waals surface area contributed by atoms with E-state index in [9.17, 15) is 4.79 Å². The van der Waals surface area contributed by atoms with E-state index < -0.39 is 0 Å². The maximum absolute atomic E-state index is 12.3. The number of rotatable bonds is 11. The standard InChI is InChI=1S/C21H26ClNO4/c1-3-25-20(26-4-2)12-13-23-21(24)18-11-10-17(14-19(18)22)27-15-16-8-6-5-7-9-16/h5-11,14,20H,3-4,12-13,15H2,1-2H3,(H,23,24). The van der Waals surface area contributed by atoms with Crippen LogP contribution < -0.4 is 10.1 Å². The summed E-state index contributed by atoms with van der Waals surface area (Å²) in [5.41, 5.74) is 1.47. The van der Waals surface area contributed by atoms with Crippen molar-refractivity contribution in [3.05, 3.63) is 64.7 Å². The zero-order valence-electron chi connectivity index (χ0n) is 15.7. The zero-order chi connectivity index (χ0) is 19.5. The molecule has 6 heteroatoms. The molecule has 2 aromatic rings. The van der Waals surface area contributed by atoms with Gasteiger partial charge < -0.3 is 19.5 Å². The Labute approximate surface area is 165 Å². The van der Waals surface area contributed by atoms with Crippen LogP contribution >= 0.6 is 11.6 Å². The van der Waals surface area contributed by atoms with Crippen molar-refractivity contribution in [2.45, 2.75) is 33.2 Å². The molecule has 5 nitrogen and oxygen atoms in total. The fourth-order valence-corrected chi connectivity index (χ4v) is 2.75. The second-order valence-corrected chi connectivity index (χ2v) is 6.21. The minimum atomic E-state index is -0.315. The van der Waals surface area contributed by atoms with Crippen LogP contribution in [-0.4, -0.2) is 32.0 Å². The Morgan fingerprint density at radius 2 is 1.78 bits per heavy atom. The van der Waals surface area contributed by atoms with Gasteiger partial charge in [-0.2, -0.15) is 0 Å². The average molecular weight is 392 g/mol. The molecule has 0 saturated carbocycles. The first kappa shape index (κ1) is 21.2. The fourth-order valence-electron chi connectivity index (χ4n) is 2.50. The Morgan fingerprint density at radius 3 is 2.41 bits per heavy atom. The van der Waals surface area contributed by atoms with Crippen LogP contribution in [0.1, 0.15) is 36.2 Å². The highest BCUT2D eigenvalue weighted by Crippen LogP contribution is 2.23. The lowest BCUT2D eigenvalue weighted by molar-refractivity contribution is -0.138. The number of carbonyl (C=O) groups excluding carboxylic acids is 1. The summed E-state index contributed by atoms with van der Waals surface area (Å²) >= 11 is 6.26. The van der Waals surface area contributed by atoms with Gasteiger partial charge in [0.05, 0.1) is 10.6 Å². The highest BCUT2D eigenvalue weighted by atomic mass is 35.5. The number of hydrogen-bond donors (Lipinski definition) is 1. The van der Waals surface area contributed by atoms with E-state index in [4.69, 9.17) is 25.8 Å². The smallest absolute Gasteiger partial charge is 0.252 e. The van der Waals surface area contributed by atoms with Gasteiger partial charge in [0.25, 0.3) is 5.91 Å². The molecule has 27 heavy (non-hydrogen) atoms. The zero-order valence-corrected chi connectivity index (χ0v) is 16.5. The first-order valence-corrected chi connectivity index (χ1v) is 9.49. The summed E-state index contributed by atoms with van der Waals surface area (Å²) in [6.45, 7) is 5.83. The van der Waals surface area contributed by atoms with Crippen LogP contribution in [0.3, 0.4) is 0 Å². The lowest BCUT2D eigenvalue weighted by Crippen LogP contribution is -2.29. The van der Waals surface area contributed by atoms with E-state index in [1.807, 2.05) is 44.2 Å². The SMILES string of the molecule is CCOC(CCNC(=O)c1ccc(OCc2ccccc2)cc1Cl)OCC. The van der Waals surface area contributed by atoms with E-state index in [0.29, 0.717) is 49.1 Å². The summed E-state index contributed by atoms with van der Waals surface area (Å²) < 4.78 is 16.6. The molecule has 0 saturated heterocycles. The first-order chi connectivity index (χ1) is 13.1. The Hall–Kier alpha value is -2.08. The monoisotopic (exact) mass is 391 g/mol. The molecule has 0 radical (unpaired) electrons. The number of ether oxygens (including phenoxy) is 3. The third kappa shape index (κ3) is 7.21. The van der Waals surface area contributed by atoms with Gasteiger partial charge in [-0.05, 0) is 37.6 Å². The predicted molar refractivity (Wildman–Crippen MR) is 106 cm³/mol. The molecule has 0 bridgehead atoms. The minimum Gasteiger partial charge on any atom is -0.489 e. The molecule has 0 fully saturated rings. The maximum Gasteiger partial charge on any atom is 0.252 e. The summed E-state index contributed by atoms with van der Waals surface area (Å²) in [6, 6.07) is 14.9. The van der Waals surface area contributed by atoms with E-state index >= 15 is 0 Å². The lowest BCUT2D eigenvalue weighted by Gasteiger charge is -2.17. The molecule has 0 aliphatic rings. The van der Waals surface area contributed by atoms with Crippen LogP contribution in [0.4, 0.5) is 0 Å². The molecule has 0 aliphatic carbocycles. The highest BCUT2D eigenvalue weighted by Gasteiger charge is 2.13. The van der Waals surface area contributed by atoms with Crippen molar-refractivity contribution in [1.82, 2.24) is 5.32 Å². The van der Waals surface area contributed by atoms with E-state index in [2.05, 4.69) is 5.32 Å². The second-order valence-electron chi connectivity index (χ2n) is 5.80. The Balaban J connectivity index is 1.85. The molecule has 2 aromatic carbocycles. The van der Waals surface area contributed by atoms with Gasteiger partial charge in [0, 0.05) is 26.2 Å². The van der Waals surface area contributed by atoms with Gasteiger partial charge in [-0.25, -0.2) is 0 Å². The molecule has 0 atom stereocenters. The van der Waals surface area contributed by atoms with E-state index in [0.717, 1.165) is 5.56 Å². The minimum absolute atomic E-state index is 0.235. The van der Waals surface area contributed by atoms with Crippen LogP contribution in [0, 0.1) is 0 Å². The van der Waals surface area contributed by atoms with Crippen molar-refractivity contribution >= 4 is 17.5 Å². The molecule has 1 amide bonds. The molecular formula is C21H26ClNO4. The highest BCUT2D eigenvalue weighted by molar-refractivity contribution is 6.34. The van der Waals surface area contributed by atoms with Crippen molar-refractivity contribution in [3.8, 4) is 5.75 Å². The van der Waals surface area contributed by atoms with Gasteiger partial charge in [0.15, 0.2) is 6.29 Å². The van der Waals surface area contributed by atoms with Crippen LogP contribution in [0.25, 0.3) is 0 Å². The lowest BCUT2D eigenvalue weighted by atomic mass is 10.2. The van der Waals surface area contributed by atoms with Gasteiger partial charge in [0.2, 0.25) is 0 Å². The third-order valence-electron chi connectivity index (χ3n) is 3.80. The molecule has 0 heterocycles. The van der Waals surface area contributed by atoms with E-state index in [1.54, 1.807) is 18.2 Å². The van der Waals surface area contributed by atoms with Crippen molar-refractivity contribution in [2.75, 3.05) is 19.8 Å². The molecule has 0 unspecified atom stereocenters. The van der Waals surface area contributed by atoms with Crippen molar-refractivity contribution in [1.29, 1.82) is 0 Å². The summed E-state index contributed by atoms with van der Waals surface area (Å²) in [4.78, 5) is 12.3. The Morgan fingerprint density at radius 1 is 1.07 bits per heavy atom. The third-order valence-corrected chi connectivity index (χ3v) is 4.12. The van der Waals surface area contributed by atoms with Crippen LogP contribution in [0.15, 0.2) is 48.5 Å². The van der Waals surface area contributed by atoms with Gasteiger partial charge in [0.1, 0.15) is 12.4 Å². The number of benzene rings is 2. The van der Waals surface area contributed by atoms with Crippen LogP contribution in [0.2, 0.25) is 5.02 Å². The summed E-state index contributed by atoms with van der Waals surface area (Å²) in [6.07, 6.45) is 0.257. The van der Waals surface area contributed by atoms with Crippen LogP contribution in [-0.2, 0) is 16.1 Å². The number of halogens is 1. The average Bonchev–Trinajstić information content (AvgIpc) is 2.67. The van der Waals surface area contributed by atoms with Gasteiger partial charge in [-0.1, -0.05) is 41.9 Å². The summed E-state index contributed by atoms with van der Waals surface area (Å²) in [7, 11) is 0. The van der Waals surface area contributed by atoms with Crippen LogP contribution in [0.5, 0.6) is 5.75 Å². The molecule has 1 N–H and O–H groups in total. The quantitative estimate of drug-likeness (QED) is 0.575. The maximum atomic E-state index is 12.3. The molecule has 146 valence electrons. The Kier molecular flexibility index (Phi) is 9.11. The van der Waals surface area contributed by atoms with Crippen molar-refractivity contribution in [2.24, 2.45) is 0 Å². The van der Waals surface area contributed by atoms with E-state index in [1.165, 1.54) is 0 Å². The molecule has 2 rings (SSSR count). The van der Waals surface area contributed by atoms with Gasteiger partial charge in [-0.3, -0.25) is 4.79 Å². The topological polar surface area (TPSA) is 56.8 Å². The normalized spacial score (nSPS) is 10.8. The second kappa shape index (κ2) is 11.6. The predicted octanol–water partition coefficient (Wildman–Crippen LogP) is 4.44. The molecular weight excluding hydrogens is 366 g/mol. The van der Waals surface area contributed by atoms with Gasteiger partial charge in [-0.15, -0.1) is 0 Å².